The van der Waals surface area contributed by atoms with Crippen molar-refractivity contribution in [2.75, 3.05) is 95.5 Å². The number of rotatable bonds is 23. The predicted molar refractivity (Wildman–Crippen MR) is 542 cm³/mol. The van der Waals surface area contributed by atoms with Gasteiger partial charge in [-0.25, -0.2) is 24.2 Å². The van der Waals surface area contributed by atoms with E-state index >= 15 is 0 Å². The summed E-state index contributed by atoms with van der Waals surface area (Å²) in [5.74, 6) is 0.250. The van der Waals surface area contributed by atoms with Gasteiger partial charge in [0.2, 0.25) is 11.7 Å². The van der Waals surface area contributed by atoms with Crippen LogP contribution in [0.3, 0.4) is 0 Å². The molecular weight excluding hydrogens is 1830 g/mol. The molecule has 4 aliphatic rings. The Morgan fingerprint density at radius 1 is 0.385 bits per heavy atom. The highest BCUT2D eigenvalue weighted by molar-refractivity contribution is 6.52. The van der Waals surface area contributed by atoms with Gasteiger partial charge in [-0.1, -0.05) is 54.6 Å². The molecule has 0 aliphatic heterocycles. The van der Waals surface area contributed by atoms with Gasteiger partial charge in [0.15, 0.2) is 22.0 Å². The maximum absolute atomic E-state index is 11.8. The first-order chi connectivity index (χ1) is 69.3. The first-order valence-electron chi connectivity index (χ1n) is 43.8. The highest BCUT2D eigenvalue weighted by Crippen LogP contribution is 2.26. The molecule has 0 atom stereocenters. The zero-order valence-corrected chi connectivity index (χ0v) is 78.4. The Bertz CT molecular complexity index is 7120. The van der Waals surface area contributed by atoms with E-state index in [0.717, 1.165) is 57.8 Å². The summed E-state index contributed by atoms with van der Waals surface area (Å²) >= 11 is 0. The van der Waals surface area contributed by atoms with Gasteiger partial charge < -0.3 is 81.9 Å². The zero-order chi connectivity index (χ0) is 102. The number of nitrogens with one attached hydrogen (secondary N) is 1. The van der Waals surface area contributed by atoms with Crippen LogP contribution in [-0.2, 0) is 4.79 Å². The second kappa shape index (κ2) is 56.5. The van der Waals surface area contributed by atoms with Crippen molar-refractivity contribution in [2.45, 2.75) is 13.8 Å². The third-order valence-electron chi connectivity index (χ3n) is 19.3. The first kappa shape index (κ1) is 106. The van der Waals surface area contributed by atoms with E-state index in [1.54, 1.807) is 219 Å². The number of pyridine rings is 8. The first-order valence-corrected chi connectivity index (χ1v) is 43.8. The lowest BCUT2D eigenvalue weighted by Crippen LogP contribution is -2.29. The van der Waals surface area contributed by atoms with E-state index in [1.165, 1.54) is 50.2 Å². The smallest absolute Gasteiger partial charge is 0.353 e. The molecule has 143 heavy (non-hydrogen) atoms. The summed E-state index contributed by atoms with van der Waals surface area (Å²) in [5, 5.41) is 172. The van der Waals surface area contributed by atoms with Crippen LogP contribution >= 0.6 is 0 Å². The fraction of sp³-hybridized carbons (Fsp3) is 0.139. The van der Waals surface area contributed by atoms with E-state index in [4.69, 9.17) is 25.8 Å². The molecule has 0 radical (unpaired) electrons. The number of aryl methyl sites for hydroxylation is 1. The number of nitrogens with zero attached hydrogens (tertiary/aromatic N) is 28. The van der Waals surface area contributed by atoms with Gasteiger partial charge in [0.25, 0.3) is 0 Å². The molecule has 16 rings (SSSR count). The number of amides is 1. The number of likely N-dealkylation sites (N-methyl/N-ethyl adjacent to an activating group) is 1. The van der Waals surface area contributed by atoms with Crippen LogP contribution in [-0.4, -0.2) is 203 Å². The van der Waals surface area contributed by atoms with Crippen LogP contribution in [0.5, 0.6) is 0 Å². The van der Waals surface area contributed by atoms with Gasteiger partial charge in [0, 0.05) is 139 Å². The maximum atomic E-state index is 11.8. The molecule has 1 amide bonds. The van der Waals surface area contributed by atoms with Crippen molar-refractivity contribution in [1.82, 2.24) is 28.8 Å². The normalized spacial score (nSPS) is 14.0. The molecule has 9 N–H and O–H groups in total. The molecule has 0 fully saturated rings. The van der Waals surface area contributed by atoms with Gasteiger partial charge in [-0.3, -0.25) is 14.6 Å². The summed E-state index contributed by atoms with van der Waals surface area (Å²) in [7, 11) is 7.74. The Balaban J connectivity index is 0.000000172. The Kier molecular flexibility index (Phi) is 41.8. The molecule has 730 valence electrons. The molecule has 8 aromatic heterocycles. The lowest BCUT2D eigenvalue weighted by Gasteiger charge is -2.22. The second-order valence-corrected chi connectivity index (χ2v) is 30.1. The average molecular weight is 1930 g/mol. The van der Waals surface area contributed by atoms with Crippen molar-refractivity contribution >= 4 is 109 Å². The van der Waals surface area contributed by atoms with Gasteiger partial charge in [-0.15, -0.1) is 40.8 Å². The minimum atomic E-state index is -0.315. The Hall–Kier alpha value is -19.1. The fourth-order valence-corrected chi connectivity index (χ4v) is 12.1. The molecule has 0 unspecified atom stereocenters. The SMILES string of the molecule is CC(=O)N=C1C=C(N(C)C)C=CC1=NN=c1ccccn1O.CN(C)c1ccc(N=Nc2cccc[n+]2[O-])cc1.Cc1cccc(N=Nc2ccc(N(CCO)CCO)cc2)[n+]1[O-].N=C1C=CC(=NN=c2ccccn2O)C=C1.O=C1C=CC(=NN=c2ccccn2O)c2cccnc21.On1ccccc1=NN=C1C=CC(=Nc2ccccc2)C=C1.[O-][n+]1ccccc1N=Nc1ccc(N(CCO)CCO)cc1. The third kappa shape index (κ3) is 34.9. The van der Waals surface area contributed by atoms with E-state index < -0.39 is 0 Å². The molecule has 0 bridgehead atoms. The van der Waals surface area contributed by atoms with Gasteiger partial charge in [-0.2, -0.15) is 18.9 Å². The summed E-state index contributed by atoms with van der Waals surface area (Å²) in [6.45, 7) is 4.92. The number of aromatic nitrogens is 8. The molecule has 0 saturated carbocycles. The van der Waals surface area contributed by atoms with E-state index in [9.17, 15) is 46.0 Å². The number of allylic oxidation sites excluding steroid dienone is 13. The number of carbonyl (C=O) groups excluding carboxylic acids is 2. The number of ketones is 1. The number of aliphatic hydroxyl groups is 4. The Labute approximate surface area is 820 Å². The van der Waals surface area contributed by atoms with Gasteiger partial charge in [-0.05, 0) is 271 Å². The standard InChI is InChI=1S/C17H14N4O.C16H20N4O3.C15H17N5O2.C15H18N4O3.C14H10N4O2.C13H14N4O.C11H10N4O/c22-21-13-5-4-8-17(21)20-19-16-11-9-15(10-12-16)18-14-6-2-1-3-7-14;1-13-3-2-4-16(20(13)23)18-17-14-5-7-15(8-6-14)19(9-11-21)10-12-22;1-11(21)16-14-10-12(19(2)3)7-8-13(14)17-18-15-6-4-5-9-20(15)22;20-11-9-18(10-12-21)14-6-4-13(5-7-14)16-17-15-3-1-2-8-19(15)22;19-12-7-6-11(10-4-3-8-15-14(10)12)16-17-13-5-1-2-9-18(13)20;1-16(2)12-8-6-11(7-9-12)14-15-13-5-3-4-10-17(13)18;12-9-4-6-10(7-5-9)13-14-11-3-1-2-8-15(11)16/h1-13,22H;2-8,21-22H,9-12H2,1H3;4-10,22H,1-3H3;1-8,20-21H,9-12H2;1-9,20H;3-10H,1-2H3;1-8,12,16H. The van der Waals surface area contributed by atoms with Crippen LogP contribution in [0.15, 0.2) is 452 Å². The van der Waals surface area contributed by atoms with E-state index in [0.29, 0.717) is 115 Å². The number of hydrogen-bond donors (Lipinski definition) is 9. The number of fused-ring (bicyclic) bond motifs is 1. The number of aliphatic hydroxyl groups excluding tert-OH is 4. The molecule has 42 nitrogen and oxygen atoms in total. The second-order valence-electron chi connectivity index (χ2n) is 30.1. The number of anilines is 3. The zero-order valence-electron chi connectivity index (χ0n) is 78.4. The molecule has 4 aromatic carbocycles. The summed E-state index contributed by atoms with van der Waals surface area (Å²) < 4.78 is 5.58. The summed E-state index contributed by atoms with van der Waals surface area (Å²) in [6.07, 6.45) is 32.6. The van der Waals surface area contributed by atoms with Crippen LogP contribution in [0.4, 0.5) is 57.3 Å². The number of para-hydroxylation sites is 1. The quantitative estimate of drug-likeness (QED) is 0.00546. The lowest BCUT2D eigenvalue weighted by molar-refractivity contribution is -0.598. The van der Waals surface area contributed by atoms with Crippen molar-refractivity contribution in [3.8, 4) is 0 Å². The third-order valence-corrected chi connectivity index (χ3v) is 19.3. The number of benzene rings is 4. The monoisotopic (exact) mass is 1930 g/mol. The van der Waals surface area contributed by atoms with Crippen molar-refractivity contribution in [3.05, 3.63) is 425 Å². The van der Waals surface area contributed by atoms with E-state index in [-0.39, 0.29) is 66.5 Å². The largest absolute Gasteiger partial charge is 0.710 e. The lowest BCUT2D eigenvalue weighted by atomic mass is 10.00. The molecule has 12 aromatic rings. The number of carbonyl (C=O) groups is 2. The number of azo groups is 3. The van der Waals surface area contributed by atoms with E-state index in [1.807, 2.05) is 157 Å². The maximum Gasteiger partial charge on any atom is 0.353 e. The Morgan fingerprint density at radius 2 is 0.783 bits per heavy atom. The highest BCUT2D eigenvalue weighted by atomic mass is 16.5. The van der Waals surface area contributed by atoms with E-state index in [2.05, 4.69) is 86.5 Å². The van der Waals surface area contributed by atoms with Crippen LogP contribution in [0, 0.1) is 28.0 Å². The molecule has 0 saturated heterocycles. The van der Waals surface area contributed by atoms with Crippen molar-refractivity contribution in [2.24, 2.45) is 81.5 Å². The van der Waals surface area contributed by atoms with Crippen molar-refractivity contribution in [1.29, 1.82) is 5.41 Å². The molecule has 8 heterocycles. The molecule has 0 spiro atoms. The number of aliphatic imine (C=N–C) groups is 2. The minimum Gasteiger partial charge on any atom is -0.710 e. The van der Waals surface area contributed by atoms with Gasteiger partial charge >= 0.3 is 17.5 Å². The topological polar surface area (TPSA) is 544 Å². The van der Waals surface area contributed by atoms with Gasteiger partial charge in [0.05, 0.1) is 94.1 Å². The predicted octanol–water partition coefficient (Wildman–Crippen LogP) is 12.3. The van der Waals surface area contributed by atoms with Crippen LogP contribution in [0.2, 0.25) is 0 Å². The minimum absolute atomic E-state index is 0.0122. The highest BCUT2D eigenvalue weighted by Gasteiger charge is 2.20. The van der Waals surface area contributed by atoms with Crippen molar-refractivity contribution < 1.29 is 65.0 Å². The fourth-order valence-electron chi connectivity index (χ4n) is 12.1. The molecule has 42 heteroatoms. The summed E-state index contributed by atoms with van der Waals surface area (Å²) in [6, 6.07) is 70.5. The number of hydrogen-bond acceptors (Lipinski definition) is 34. The molecule has 4 aliphatic carbocycles. The molecular formula is C101H103N29O13. The van der Waals surface area contributed by atoms with Crippen LogP contribution < -0.4 is 50.8 Å². The summed E-state index contributed by atoms with van der Waals surface area (Å²) in [4.78, 5) is 43.1. The summed E-state index contributed by atoms with van der Waals surface area (Å²) in [5.41, 5.74) is 13.4. The van der Waals surface area contributed by atoms with Crippen LogP contribution in [0.25, 0.3) is 0 Å². The Morgan fingerprint density at radius 3 is 1.21 bits per heavy atom. The van der Waals surface area contributed by atoms with Crippen molar-refractivity contribution in [3.63, 3.8) is 0 Å². The van der Waals surface area contributed by atoms with Crippen LogP contribution in [0.1, 0.15) is 28.7 Å². The van der Waals surface area contributed by atoms with Gasteiger partial charge in [0.1, 0.15) is 34.2 Å². The average Bonchev–Trinajstić information content (AvgIpc) is 0.808.